The minimum Gasteiger partial charge on any atom is -0.391 e. The van der Waals surface area contributed by atoms with Crippen LogP contribution in [0.3, 0.4) is 0 Å². The van der Waals surface area contributed by atoms with Gasteiger partial charge in [0.25, 0.3) is 5.69 Å². The first-order chi connectivity index (χ1) is 6.20. The Morgan fingerprint density at radius 1 is 1.15 bits per heavy atom. The van der Waals surface area contributed by atoms with E-state index in [9.17, 15) is 5.21 Å². The zero-order chi connectivity index (χ0) is 9.42. The lowest BCUT2D eigenvalue weighted by atomic mass is 10.3. The summed E-state index contributed by atoms with van der Waals surface area (Å²) in [5.41, 5.74) is 10.7. The number of anilines is 2. The van der Waals surface area contributed by atoms with Gasteiger partial charge in [-0.3, -0.25) is 0 Å². The van der Waals surface area contributed by atoms with Crippen LogP contribution in [0.5, 0.6) is 0 Å². The standard InChI is InChI=1S/C4H4N6O3/c5-3-1(7-12-9-3)2-4(6)10(11)13-8-2/h6H2,(H2,5,9). The lowest BCUT2D eigenvalue weighted by Crippen LogP contribution is -2.26. The summed E-state index contributed by atoms with van der Waals surface area (Å²) in [6, 6.07) is 0. The van der Waals surface area contributed by atoms with Gasteiger partial charge < -0.3 is 21.3 Å². The Labute approximate surface area is 70.4 Å². The molecule has 2 aromatic heterocycles. The molecule has 0 aliphatic carbocycles. The van der Waals surface area contributed by atoms with Crippen molar-refractivity contribution in [1.29, 1.82) is 0 Å². The van der Waals surface area contributed by atoms with Gasteiger partial charge in [0.15, 0.2) is 5.82 Å². The summed E-state index contributed by atoms with van der Waals surface area (Å²) < 4.78 is 8.49. The van der Waals surface area contributed by atoms with Gasteiger partial charge in [-0.1, -0.05) is 4.90 Å². The fraction of sp³-hybridized carbons (Fsp3) is 0. The van der Waals surface area contributed by atoms with E-state index in [0.29, 0.717) is 0 Å². The van der Waals surface area contributed by atoms with Gasteiger partial charge in [-0.2, -0.15) is 0 Å². The smallest absolute Gasteiger partial charge is 0.302 e. The van der Waals surface area contributed by atoms with Crippen molar-refractivity contribution in [1.82, 2.24) is 15.5 Å². The van der Waals surface area contributed by atoms with Crippen molar-refractivity contribution < 1.29 is 14.2 Å². The normalized spacial score (nSPS) is 10.5. The number of nitrogen functional groups attached to an aromatic ring is 2. The second-order valence-electron chi connectivity index (χ2n) is 2.16. The van der Waals surface area contributed by atoms with Crippen LogP contribution in [0.15, 0.2) is 9.26 Å². The maximum Gasteiger partial charge on any atom is 0.302 e. The molecule has 0 saturated carbocycles. The van der Waals surface area contributed by atoms with Gasteiger partial charge in [-0.15, -0.1) is 0 Å². The summed E-state index contributed by atoms with van der Waals surface area (Å²) in [6.45, 7) is 0. The molecule has 0 fully saturated rings. The number of nitrogens with zero attached hydrogens (tertiary/aromatic N) is 4. The van der Waals surface area contributed by atoms with E-state index >= 15 is 0 Å². The molecule has 0 spiro atoms. The molecule has 0 aliphatic heterocycles. The average Bonchev–Trinajstić information content (AvgIpc) is 2.62. The maximum absolute atomic E-state index is 10.7. The minimum atomic E-state index is -0.248. The van der Waals surface area contributed by atoms with Crippen LogP contribution in [0.25, 0.3) is 11.4 Å². The van der Waals surface area contributed by atoms with E-state index in [0.717, 1.165) is 0 Å². The third-order valence-electron chi connectivity index (χ3n) is 1.38. The quantitative estimate of drug-likeness (QED) is 0.510. The predicted octanol–water partition coefficient (Wildman–Crippen LogP) is -1.48. The highest BCUT2D eigenvalue weighted by Crippen LogP contribution is 2.22. The summed E-state index contributed by atoms with van der Waals surface area (Å²) in [6.07, 6.45) is 0. The largest absolute Gasteiger partial charge is 0.391 e. The Kier molecular flexibility index (Phi) is 1.32. The summed E-state index contributed by atoms with van der Waals surface area (Å²) in [7, 11) is 0. The molecular weight excluding hydrogens is 180 g/mol. The van der Waals surface area contributed by atoms with Gasteiger partial charge >= 0.3 is 5.82 Å². The lowest BCUT2D eigenvalue weighted by molar-refractivity contribution is -0.790. The number of nitrogens with two attached hydrogens (primary N) is 2. The summed E-state index contributed by atoms with van der Waals surface area (Å²) in [4.78, 5) is 0.0312. The van der Waals surface area contributed by atoms with Gasteiger partial charge in [0.2, 0.25) is 5.69 Å². The molecule has 2 rings (SSSR count). The molecule has 0 aromatic carbocycles. The van der Waals surface area contributed by atoms with Crippen molar-refractivity contribution in [2.45, 2.75) is 0 Å². The molecule has 0 atom stereocenters. The summed E-state index contributed by atoms with van der Waals surface area (Å²) in [5.74, 6) is -0.261. The molecule has 0 bridgehead atoms. The monoisotopic (exact) mass is 184 g/mol. The molecule has 9 heteroatoms. The van der Waals surface area contributed by atoms with Crippen LogP contribution in [0.2, 0.25) is 0 Å². The average molecular weight is 184 g/mol. The molecule has 0 saturated heterocycles. The Bertz CT molecular complexity index is 433. The Balaban J connectivity index is 2.59. The molecular formula is C4H4N6O3. The van der Waals surface area contributed by atoms with Gasteiger partial charge in [0, 0.05) is 0 Å². The van der Waals surface area contributed by atoms with Crippen LogP contribution in [0.1, 0.15) is 0 Å². The first-order valence-corrected chi connectivity index (χ1v) is 3.13. The SMILES string of the molecule is Nc1nonc1-c1no[n+]([O-])c1N. The minimum absolute atomic E-state index is 0.00810. The first-order valence-electron chi connectivity index (χ1n) is 3.13. The molecule has 0 amide bonds. The molecule has 4 N–H and O–H groups in total. The maximum atomic E-state index is 10.7. The molecule has 2 aromatic rings. The zero-order valence-electron chi connectivity index (χ0n) is 6.17. The highest BCUT2D eigenvalue weighted by molar-refractivity contribution is 5.71. The third kappa shape index (κ3) is 0.937. The predicted molar refractivity (Wildman–Crippen MR) is 37.6 cm³/mol. The highest BCUT2D eigenvalue weighted by Gasteiger charge is 2.22. The zero-order valence-corrected chi connectivity index (χ0v) is 6.17. The van der Waals surface area contributed by atoms with E-state index in [4.69, 9.17) is 11.5 Å². The third-order valence-corrected chi connectivity index (χ3v) is 1.38. The first kappa shape index (κ1) is 7.34. The second-order valence-corrected chi connectivity index (χ2v) is 2.16. The van der Waals surface area contributed by atoms with Crippen LogP contribution >= 0.6 is 0 Å². The highest BCUT2D eigenvalue weighted by atomic mass is 16.8. The molecule has 9 nitrogen and oxygen atoms in total. The topological polar surface area (TPSA) is 144 Å². The van der Waals surface area contributed by atoms with Gasteiger partial charge in [0.1, 0.15) is 0 Å². The second kappa shape index (κ2) is 2.33. The van der Waals surface area contributed by atoms with Crippen LogP contribution in [-0.2, 0) is 0 Å². The van der Waals surface area contributed by atoms with Crippen molar-refractivity contribution in [3.8, 4) is 11.4 Å². The van der Waals surface area contributed by atoms with Gasteiger partial charge in [-0.05, 0) is 15.5 Å². The van der Waals surface area contributed by atoms with Crippen LogP contribution in [0.4, 0.5) is 11.6 Å². The Hall–Kier alpha value is -2.32. The fourth-order valence-corrected chi connectivity index (χ4v) is 0.779. The van der Waals surface area contributed by atoms with Crippen molar-refractivity contribution in [3.05, 3.63) is 5.21 Å². The molecule has 13 heavy (non-hydrogen) atoms. The van der Waals surface area contributed by atoms with E-state index < -0.39 is 0 Å². The molecule has 0 aliphatic rings. The lowest BCUT2D eigenvalue weighted by Gasteiger charge is -1.87. The molecule has 0 radical (unpaired) electrons. The molecule has 0 unspecified atom stereocenters. The number of hydrogen-bond donors (Lipinski definition) is 2. The van der Waals surface area contributed by atoms with Crippen molar-refractivity contribution in [3.63, 3.8) is 0 Å². The van der Waals surface area contributed by atoms with Crippen LogP contribution in [-0.4, -0.2) is 15.5 Å². The number of aromatic nitrogens is 4. The summed E-state index contributed by atoms with van der Waals surface area (Å²) >= 11 is 0. The van der Waals surface area contributed by atoms with E-state index in [1.54, 1.807) is 0 Å². The number of hydrogen-bond acceptors (Lipinski definition) is 8. The van der Waals surface area contributed by atoms with E-state index in [1.165, 1.54) is 0 Å². The fourth-order valence-electron chi connectivity index (χ4n) is 0.779. The van der Waals surface area contributed by atoms with Gasteiger partial charge in [-0.25, -0.2) is 4.63 Å². The molecule has 2 heterocycles. The summed E-state index contributed by atoms with van der Waals surface area (Å²) in [5, 5.41) is 20.7. The van der Waals surface area contributed by atoms with E-state index in [2.05, 4.69) is 24.7 Å². The number of rotatable bonds is 1. The Morgan fingerprint density at radius 3 is 2.38 bits per heavy atom. The Morgan fingerprint density at radius 2 is 1.92 bits per heavy atom. The molecule has 68 valence electrons. The van der Waals surface area contributed by atoms with E-state index in [1.807, 2.05) is 0 Å². The van der Waals surface area contributed by atoms with Crippen molar-refractivity contribution in [2.24, 2.45) is 0 Å². The van der Waals surface area contributed by atoms with Gasteiger partial charge in [0.05, 0.1) is 0 Å². The van der Waals surface area contributed by atoms with Crippen LogP contribution < -0.4 is 16.4 Å². The van der Waals surface area contributed by atoms with E-state index in [-0.39, 0.29) is 27.9 Å². The van der Waals surface area contributed by atoms with Crippen LogP contribution in [0, 0.1) is 5.21 Å². The van der Waals surface area contributed by atoms with Crippen molar-refractivity contribution in [2.75, 3.05) is 11.5 Å². The van der Waals surface area contributed by atoms with Crippen molar-refractivity contribution >= 4 is 11.6 Å².